The summed E-state index contributed by atoms with van der Waals surface area (Å²) in [4.78, 5) is 11.0. The Bertz CT molecular complexity index is 564. The van der Waals surface area contributed by atoms with E-state index in [0.29, 0.717) is 0 Å². The van der Waals surface area contributed by atoms with Crippen molar-refractivity contribution in [1.29, 1.82) is 0 Å². The van der Waals surface area contributed by atoms with Gasteiger partial charge in [0.25, 0.3) is 5.91 Å². The maximum Gasteiger partial charge on any atom is 0.252 e. The first-order chi connectivity index (χ1) is 7.88. The van der Waals surface area contributed by atoms with Gasteiger partial charge in [-0.25, -0.2) is 13.6 Å². The molecule has 1 aliphatic rings. The Balaban J connectivity index is 2.45. The molecule has 0 aliphatic heterocycles. The molecule has 0 heterocycles. The fourth-order valence-corrected chi connectivity index (χ4v) is 1.88. The van der Waals surface area contributed by atoms with Gasteiger partial charge in [-0.1, -0.05) is 0 Å². The summed E-state index contributed by atoms with van der Waals surface area (Å²) in [5.74, 6) is -0.492. The molecule has 7 heteroatoms. The molecule has 6 nitrogen and oxygen atoms in total. The lowest BCUT2D eigenvalue weighted by atomic mass is 10.2. The highest BCUT2D eigenvalue weighted by Gasteiger charge is 2.26. The van der Waals surface area contributed by atoms with E-state index in [1.54, 1.807) is 0 Å². The van der Waals surface area contributed by atoms with E-state index < -0.39 is 15.9 Å². The highest BCUT2D eigenvalue weighted by Crippen LogP contribution is 2.30. The summed E-state index contributed by atoms with van der Waals surface area (Å²) < 4.78 is 27.8. The van der Waals surface area contributed by atoms with Gasteiger partial charge in [0.2, 0.25) is 10.0 Å². The minimum Gasteiger partial charge on any atom is -0.490 e. The third-order valence-electron chi connectivity index (χ3n) is 2.37. The van der Waals surface area contributed by atoms with Crippen LogP contribution in [0.2, 0.25) is 0 Å². The molecule has 1 fully saturated rings. The fraction of sp³-hybridized carbons (Fsp3) is 0.300. The van der Waals surface area contributed by atoms with E-state index in [2.05, 4.69) is 0 Å². The molecular weight excluding hydrogens is 244 g/mol. The Hall–Kier alpha value is -1.60. The van der Waals surface area contributed by atoms with Crippen molar-refractivity contribution in [3.8, 4) is 5.75 Å². The van der Waals surface area contributed by atoms with Gasteiger partial charge in [0.15, 0.2) is 0 Å². The third kappa shape index (κ3) is 2.75. The standard InChI is InChI=1S/C10H12N2O4S/c11-10(13)8-4-3-7(17(12,14)15)5-9(8)16-6-1-2-6/h3-6H,1-2H2,(H2,11,13)(H2,12,14,15). The number of primary sulfonamides is 1. The normalized spacial score (nSPS) is 15.6. The van der Waals surface area contributed by atoms with E-state index in [9.17, 15) is 13.2 Å². The summed E-state index contributed by atoms with van der Waals surface area (Å²) in [6.45, 7) is 0. The monoisotopic (exact) mass is 256 g/mol. The molecule has 0 radical (unpaired) electrons. The molecule has 1 aromatic rings. The zero-order valence-corrected chi connectivity index (χ0v) is 9.74. The first-order valence-corrected chi connectivity index (χ1v) is 6.56. The molecule has 0 atom stereocenters. The summed E-state index contributed by atoms with van der Waals surface area (Å²) in [6, 6.07) is 3.77. The molecule has 2 rings (SSSR count). The lowest BCUT2D eigenvalue weighted by Gasteiger charge is -2.09. The van der Waals surface area contributed by atoms with Crippen LogP contribution in [0.15, 0.2) is 23.1 Å². The van der Waals surface area contributed by atoms with Gasteiger partial charge in [-0.2, -0.15) is 0 Å². The van der Waals surface area contributed by atoms with Gasteiger partial charge >= 0.3 is 0 Å². The molecule has 17 heavy (non-hydrogen) atoms. The molecule has 0 saturated heterocycles. The molecule has 4 N–H and O–H groups in total. The lowest BCUT2D eigenvalue weighted by Crippen LogP contribution is -2.16. The SMILES string of the molecule is NC(=O)c1ccc(S(N)(=O)=O)cc1OC1CC1. The summed E-state index contributed by atoms with van der Waals surface area (Å²) in [6.07, 6.45) is 1.80. The highest BCUT2D eigenvalue weighted by atomic mass is 32.2. The average Bonchev–Trinajstić information content (AvgIpc) is 2.99. The van der Waals surface area contributed by atoms with Crippen molar-refractivity contribution in [2.45, 2.75) is 23.8 Å². The van der Waals surface area contributed by atoms with Gasteiger partial charge in [-0.3, -0.25) is 4.79 Å². The molecule has 0 bridgehead atoms. The van der Waals surface area contributed by atoms with E-state index >= 15 is 0 Å². The number of sulfonamides is 1. The first-order valence-electron chi connectivity index (χ1n) is 5.01. The minimum atomic E-state index is -3.82. The van der Waals surface area contributed by atoms with Gasteiger partial charge in [0.1, 0.15) is 5.75 Å². The van der Waals surface area contributed by atoms with Crippen molar-refractivity contribution < 1.29 is 17.9 Å². The Kier molecular flexibility index (Phi) is 2.80. The maximum absolute atomic E-state index is 11.2. The summed E-state index contributed by atoms with van der Waals surface area (Å²) in [5, 5.41) is 5.00. The quantitative estimate of drug-likeness (QED) is 0.787. The minimum absolute atomic E-state index is 0.0313. The van der Waals surface area contributed by atoms with Crippen molar-refractivity contribution in [3.63, 3.8) is 0 Å². The van der Waals surface area contributed by atoms with Gasteiger partial charge in [0, 0.05) is 6.07 Å². The average molecular weight is 256 g/mol. The molecule has 0 spiro atoms. The Morgan fingerprint density at radius 1 is 1.35 bits per heavy atom. The summed E-state index contributed by atoms with van der Waals surface area (Å²) in [7, 11) is -3.82. The topological polar surface area (TPSA) is 112 Å². The lowest BCUT2D eigenvalue weighted by molar-refractivity contribution is 0.0996. The van der Waals surface area contributed by atoms with Crippen molar-refractivity contribution in [2.24, 2.45) is 10.9 Å². The molecular formula is C10H12N2O4S. The predicted molar refractivity (Wildman–Crippen MR) is 60.0 cm³/mol. The van der Waals surface area contributed by atoms with E-state index in [1.807, 2.05) is 0 Å². The van der Waals surface area contributed by atoms with Crippen LogP contribution < -0.4 is 15.6 Å². The van der Waals surface area contributed by atoms with Gasteiger partial charge in [0.05, 0.1) is 16.6 Å². The number of hydrogen-bond donors (Lipinski definition) is 2. The second kappa shape index (κ2) is 4.01. The molecule has 1 saturated carbocycles. The van der Waals surface area contributed by atoms with Gasteiger partial charge in [-0.05, 0) is 25.0 Å². The van der Waals surface area contributed by atoms with E-state index in [1.165, 1.54) is 18.2 Å². The second-order valence-electron chi connectivity index (χ2n) is 3.88. The van der Waals surface area contributed by atoms with Crippen LogP contribution in [-0.2, 0) is 10.0 Å². The van der Waals surface area contributed by atoms with Gasteiger partial charge < -0.3 is 10.5 Å². The van der Waals surface area contributed by atoms with Crippen molar-refractivity contribution in [2.75, 3.05) is 0 Å². The Morgan fingerprint density at radius 2 is 2.00 bits per heavy atom. The van der Waals surface area contributed by atoms with Crippen LogP contribution in [0.25, 0.3) is 0 Å². The van der Waals surface area contributed by atoms with Crippen molar-refractivity contribution >= 4 is 15.9 Å². The van der Waals surface area contributed by atoms with E-state index in [0.717, 1.165) is 12.8 Å². The molecule has 92 valence electrons. The van der Waals surface area contributed by atoms with Crippen LogP contribution in [0.3, 0.4) is 0 Å². The van der Waals surface area contributed by atoms with Crippen LogP contribution in [0.5, 0.6) is 5.75 Å². The second-order valence-corrected chi connectivity index (χ2v) is 5.45. The Labute approximate surface area is 98.6 Å². The largest absolute Gasteiger partial charge is 0.490 e. The van der Waals surface area contributed by atoms with Crippen molar-refractivity contribution in [1.82, 2.24) is 0 Å². The Morgan fingerprint density at radius 3 is 2.47 bits per heavy atom. The number of primary amides is 1. The molecule has 0 aromatic heterocycles. The predicted octanol–water partition coefficient (Wildman–Crippen LogP) is -0.0259. The zero-order valence-electron chi connectivity index (χ0n) is 8.92. The number of hydrogen-bond acceptors (Lipinski definition) is 4. The van der Waals surface area contributed by atoms with Crippen LogP contribution in [-0.4, -0.2) is 20.4 Å². The number of nitrogens with two attached hydrogens (primary N) is 2. The maximum atomic E-state index is 11.2. The van der Waals surface area contributed by atoms with Crippen molar-refractivity contribution in [3.05, 3.63) is 23.8 Å². The molecule has 1 aromatic carbocycles. The van der Waals surface area contributed by atoms with Crippen LogP contribution >= 0.6 is 0 Å². The number of rotatable bonds is 4. The molecule has 0 unspecified atom stereocenters. The van der Waals surface area contributed by atoms with E-state index in [-0.39, 0.29) is 22.3 Å². The smallest absolute Gasteiger partial charge is 0.252 e. The molecule has 1 aliphatic carbocycles. The number of carbonyl (C=O) groups excluding carboxylic acids is 1. The molecule has 1 amide bonds. The van der Waals surface area contributed by atoms with Gasteiger partial charge in [-0.15, -0.1) is 0 Å². The fourth-order valence-electron chi connectivity index (χ4n) is 1.35. The van der Waals surface area contributed by atoms with Crippen LogP contribution in [0.4, 0.5) is 0 Å². The highest BCUT2D eigenvalue weighted by molar-refractivity contribution is 7.89. The van der Waals surface area contributed by atoms with Crippen LogP contribution in [0, 0.1) is 0 Å². The number of amides is 1. The number of carbonyl (C=O) groups is 1. The first kappa shape index (κ1) is 11.9. The number of ether oxygens (including phenoxy) is 1. The summed E-state index contributed by atoms with van der Waals surface area (Å²) in [5.41, 5.74) is 5.33. The summed E-state index contributed by atoms with van der Waals surface area (Å²) >= 11 is 0. The number of benzene rings is 1. The van der Waals surface area contributed by atoms with Crippen LogP contribution in [0.1, 0.15) is 23.2 Å². The zero-order chi connectivity index (χ0) is 12.6. The van der Waals surface area contributed by atoms with E-state index in [4.69, 9.17) is 15.6 Å². The third-order valence-corrected chi connectivity index (χ3v) is 3.28.